The molecular formula is C56H88N2O6. The highest BCUT2D eigenvalue weighted by molar-refractivity contribution is 5.85. The molecule has 0 saturated heterocycles. The molecule has 3 aromatic rings. The van der Waals surface area contributed by atoms with Gasteiger partial charge in [-0.2, -0.15) is 0 Å². The van der Waals surface area contributed by atoms with Crippen molar-refractivity contribution in [2.45, 2.75) is 221 Å². The van der Waals surface area contributed by atoms with Gasteiger partial charge in [0.1, 0.15) is 17.1 Å². The molecule has 0 aliphatic rings. The van der Waals surface area contributed by atoms with Crippen molar-refractivity contribution in [3.8, 4) is 17.2 Å². The first kappa shape index (κ1) is 54.4. The number of hydrogen-bond donors (Lipinski definition) is 2. The Balaban J connectivity index is 2.50. The number of nitrogens with zero attached hydrogens (tertiary/aromatic N) is 2. The van der Waals surface area contributed by atoms with Crippen LogP contribution in [-0.4, -0.2) is 40.6 Å². The smallest absolute Gasteiger partial charge is 0.311 e. The van der Waals surface area contributed by atoms with Gasteiger partial charge in [-0.3, -0.25) is 15.1 Å². The summed E-state index contributed by atoms with van der Waals surface area (Å²) in [6.07, 6.45) is 15.5. The van der Waals surface area contributed by atoms with Gasteiger partial charge in [-0.1, -0.05) is 181 Å². The van der Waals surface area contributed by atoms with Crippen molar-refractivity contribution in [1.82, 2.24) is 0 Å². The molecule has 0 saturated carbocycles. The summed E-state index contributed by atoms with van der Waals surface area (Å²) in [6.45, 7) is 36.2. The van der Waals surface area contributed by atoms with Crippen molar-refractivity contribution in [2.75, 3.05) is 13.2 Å². The van der Waals surface area contributed by atoms with Crippen molar-refractivity contribution >= 4 is 11.9 Å². The largest absolute Gasteiger partial charge is 0.502 e. The lowest BCUT2D eigenvalue weighted by Crippen LogP contribution is -2.44. The summed E-state index contributed by atoms with van der Waals surface area (Å²) < 4.78 is 13.7. The molecule has 3 rings (SSSR count). The van der Waals surface area contributed by atoms with Gasteiger partial charge in [-0.15, -0.1) is 0 Å². The Labute approximate surface area is 389 Å². The minimum absolute atomic E-state index is 0.204. The Kier molecular flexibility index (Phi) is 19.6. The number of ether oxygens (including phenoxy) is 2. The average molecular weight is 885 g/mol. The maximum Gasteiger partial charge on any atom is 0.311 e. The summed E-state index contributed by atoms with van der Waals surface area (Å²) in [7, 11) is 0. The molecule has 8 heteroatoms. The lowest BCUT2D eigenvalue weighted by atomic mass is 9.69. The molecule has 64 heavy (non-hydrogen) atoms. The van der Waals surface area contributed by atoms with E-state index in [1.165, 1.54) is 63.6 Å². The molecule has 0 heterocycles. The molecule has 8 nitrogen and oxygen atoms in total. The molecule has 2 N–H and O–H groups in total. The fraction of sp³-hybridized carbons (Fsp3) is 0.661. The van der Waals surface area contributed by atoms with Crippen LogP contribution in [0.4, 0.5) is 5.69 Å². The van der Waals surface area contributed by atoms with E-state index in [2.05, 4.69) is 121 Å². The number of rotatable bonds is 23. The molecule has 0 aromatic heterocycles. The maximum absolute atomic E-state index is 14.3. The molecule has 0 amide bonds. The second-order valence-corrected chi connectivity index (χ2v) is 22.7. The van der Waals surface area contributed by atoms with Crippen LogP contribution >= 0.6 is 0 Å². The van der Waals surface area contributed by atoms with Gasteiger partial charge < -0.3 is 19.7 Å². The predicted octanol–water partition coefficient (Wildman–Crippen LogP) is 15.3. The van der Waals surface area contributed by atoms with E-state index in [0.29, 0.717) is 24.3 Å². The van der Waals surface area contributed by atoms with Crippen LogP contribution in [0.15, 0.2) is 47.5 Å². The topological polar surface area (TPSA) is 114 Å². The number of para-hydroxylation sites is 1. The van der Waals surface area contributed by atoms with E-state index in [4.69, 9.17) is 14.5 Å². The molecule has 0 bridgehead atoms. The molecular weight excluding hydrogens is 797 g/mol. The minimum Gasteiger partial charge on any atom is -0.502 e. The quantitative estimate of drug-likeness (QED) is 0.0424. The number of nitro benzene ring substituents is 1. The van der Waals surface area contributed by atoms with Crippen molar-refractivity contribution in [3.63, 3.8) is 0 Å². The number of nitro groups is 1. The van der Waals surface area contributed by atoms with Crippen LogP contribution in [0.5, 0.6) is 17.2 Å². The first-order chi connectivity index (χ1) is 29.7. The summed E-state index contributed by atoms with van der Waals surface area (Å²) in [6, 6.07) is 12.2. The third-order valence-corrected chi connectivity index (χ3v) is 12.5. The first-order valence-corrected chi connectivity index (χ1v) is 24.6. The Morgan fingerprint density at radius 2 is 0.984 bits per heavy atom. The van der Waals surface area contributed by atoms with E-state index in [9.17, 15) is 20.3 Å². The molecule has 0 radical (unpaired) electrons. The summed E-state index contributed by atoms with van der Waals surface area (Å²) in [5.74, 6) is 1.04. The van der Waals surface area contributed by atoms with E-state index >= 15 is 0 Å². The van der Waals surface area contributed by atoms with E-state index in [0.717, 1.165) is 59.4 Å². The van der Waals surface area contributed by atoms with Crippen molar-refractivity contribution in [2.24, 2.45) is 10.9 Å². The number of phenols is 1. The van der Waals surface area contributed by atoms with Crippen LogP contribution < -0.4 is 9.47 Å². The first-order valence-electron chi connectivity index (χ1n) is 24.6. The molecule has 0 fully saturated rings. The standard InChI is InChI=1S/C56H88N2O6/c1-17-19-21-23-25-27-32-63-49-43(52(5,6)7)34-41(35-44(49)53(8,9)10)56(60,51(39(3)4)57-38-40-30-29-31-47(48(40)59)58(61)62)42-36-45(54(11,12)13)50(46(37-42)55(14,15)16)64-33-28-26-24-22-20-18-2/h29-31,34-39,51,59-60H,17-28,32-33H2,1-16H3. The molecule has 358 valence electrons. The van der Waals surface area contributed by atoms with Crippen molar-refractivity contribution in [3.05, 3.63) is 91.5 Å². The number of benzene rings is 3. The zero-order valence-corrected chi connectivity index (χ0v) is 43.1. The fourth-order valence-electron chi connectivity index (χ4n) is 8.58. The number of aliphatic hydroxyl groups is 1. The normalized spacial score (nSPS) is 13.5. The van der Waals surface area contributed by atoms with Gasteiger partial charge in [0.05, 0.1) is 24.2 Å². The Morgan fingerprint density at radius 3 is 1.31 bits per heavy atom. The van der Waals surface area contributed by atoms with Crippen LogP contribution in [-0.2, 0) is 27.3 Å². The fourth-order valence-corrected chi connectivity index (χ4v) is 8.58. The summed E-state index contributed by atoms with van der Waals surface area (Å²) in [5.41, 5.74) is 2.03. The van der Waals surface area contributed by atoms with Crippen molar-refractivity contribution < 1.29 is 24.6 Å². The summed E-state index contributed by atoms with van der Waals surface area (Å²) in [4.78, 5) is 16.4. The van der Waals surface area contributed by atoms with E-state index in [1.54, 1.807) is 12.1 Å². The molecule has 1 atom stereocenters. The number of hydrogen-bond acceptors (Lipinski definition) is 7. The Bertz CT molecular complexity index is 1820. The van der Waals surface area contributed by atoms with Crippen LogP contribution in [0.25, 0.3) is 0 Å². The third kappa shape index (κ3) is 14.3. The molecule has 0 spiro atoms. The zero-order valence-electron chi connectivity index (χ0n) is 43.1. The highest BCUT2D eigenvalue weighted by atomic mass is 16.6. The highest BCUT2D eigenvalue weighted by Crippen LogP contribution is 2.50. The van der Waals surface area contributed by atoms with Gasteiger partial charge in [-0.05, 0) is 81.9 Å². The summed E-state index contributed by atoms with van der Waals surface area (Å²) in [5, 5.41) is 37.2. The highest BCUT2D eigenvalue weighted by Gasteiger charge is 2.46. The number of aliphatic imine (C=N–C) groups is 1. The predicted molar refractivity (Wildman–Crippen MR) is 269 cm³/mol. The van der Waals surface area contributed by atoms with Crippen LogP contribution in [0, 0.1) is 16.0 Å². The second kappa shape index (κ2) is 23.0. The molecule has 1 unspecified atom stereocenters. The maximum atomic E-state index is 14.3. The molecule has 0 aliphatic carbocycles. The lowest BCUT2D eigenvalue weighted by Gasteiger charge is -2.41. The Hall–Kier alpha value is -3.91. The SMILES string of the molecule is CCCCCCCCOc1c(C(C)(C)C)cc(C(O)(c2cc(C(C)(C)C)c(OCCCCCCCC)c(C(C)(C)C)c2)C(N=Cc2cccc([N+](=O)[O-])c2O)C(C)C)cc1C(C)(C)C. The van der Waals surface area contributed by atoms with Crippen LogP contribution in [0.1, 0.15) is 227 Å². The van der Waals surface area contributed by atoms with Crippen LogP contribution in [0.2, 0.25) is 0 Å². The van der Waals surface area contributed by atoms with Gasteiger partial charge in [0.25, 0.3) is 0 Å². The van der Waals surface area contributed by atoms with Gasteiger partial charge >= 0.3 is 5.69 Å². The van der Waals surface area contributed by atoms with Gasteiger partial charge in [0, 0.05) is 40.1 Å². The summed E-state index contributed by atoms with van der Waals surface area (Å²) >= 11 is 0. The van der Waals surface area contributed by atoms with Crippen molar-refractivity contribution in [1.29, 1.82) is 0 Å². The average Bonchev–Trinajstić information content (AvgIpc) is 3.18. The minimum atomic E-state index is -1.74. The molecule has 3 aromatic carbocycles. The van der Waals surface area contributed by atoms with E-state index in [1.807, 2.05) is 13.8 Å². The number of unbranched alkanes of at least 4 members (excludes halogenated alkanes) is 10. The lowest BCUT2D eigenvalue weighted by molar-refractivity contribution is -0.385. The van der Waals surface area contributed by atoms with Gasteiger partial charge in [-0.25, -0.2) is 0 Å². The number of phenolic OH excluding ortho intramolecular Hbond substituents is 1. The third-order valence-electron chi connectivity index (χ3n) is 12.5. The van der Waals surface area contributed by atoms with Gasteiger partial charge in [0.2, 0.25) is 5.75 Å². The second-order valence-electron chi connectivity index (χ2n) is 22.7. The van der Waals surface area contributed by atoms with Gasteiger partial charge in [0.15, 0.2) is 0 Å². The monoisotopic (exact) mass is 885 g/mol. The zero-order chi connectivity index (χ0) is 48.3. The van der Waals surface area contributed by atoms with E-state index in [-0.39, 0.29) is 33.1 Å². The Morgan fingerprint density at radius 1 is 0.625 bits per heavy atom. The van der Waals surface area contributed by atoms with Crippen LogP contribution in [0.3, 0.4) is 0 Å². The number of aromatic hydroxyl groups is 1. The molecule has 0 aliphatic heterocycles. The van der Waals surface area contributed by atoms with E-state index < -0.39 is 28.0 Å².